The maximum atomic E-state index is 13.0. The van der Waals surface area contributed by atoms with E-state index in [1.54, 1.807) is 12.1 Å². The Morgan fingerprint density at radius 3 is 2.55 bits per heavy atom. The lowest BCUT2D eigenvalue weighted by Crippen LogP contribution is -2.55. The molecule has 7 nitrogen and oxygen atoms in total. The number of rotatable bonds is 5. The first-order chi connectivity index (χ1) is 14.1. The zero-order valence-electron chi connectivity index (χ0n) is 16.5. The number of hydrogen-bond donors (Lipinski definition) is 0. The van der Waals surface area contributed by atoms with Crippen molar-refractivity contribution in [3.8, 4) is 5.75 Å². The number of amides is 1. The van der Waals surface area contributed by atoms with E-state index >= 15 is 0 Å². The number of aromatic nitrogens is 2. The Kier molecular flexibility index (Phi) is 5.89. The number of carbonyl (C=O) groups is 1. The van der Waals surface area contributed by atoms with Crippen LogP contribution < -0.4 is 9.64 Å². The van der Waals surface area contributed by atoms with Gasteiger partial charge in [-0.2, -0.15) is 0 Å². The van der Waals surface area contributed by atoms with Crippen molar-refractivity contribution in [2.75, 3.05) is 37.7 Å². The molecule has 29 heavy (non-hydrogen) atoms. The molecule has 0 saturated carbocycles. The molecule has 2 saturated heterocycles. The minimum Gasteiger partial charge on any atom is -0.491 e. The van der Waals surface area contributed by atoms with E-state index in [2.05, 4.69) is 14.9 Å². The fourth-order valence-electron chi connectivity index (χ4n) is 3.75. The summed E-state index contributed by atoms with van der Waals surface area (Å²) in [5, 5.41) is 0. The van der Waals surface area contributed by atoms with E-state index in [4.69, 9.17) is 9.47 Å². The van der Waals surface area contributed by atoms with Crippen LogP contribution >= 0.6 is 0 Å². The van der Waals surface area contributed by atoms with Gasteiger partial charge >= 0.3 is 0 Å². The molecule has 2 aliphatic heterocycles. The van der Waals surface area contributed by atoms with Crippen LogP contribution in [0.25, 0.3) is 0 Å². The predicted octanol–water partition coefficient (Wildman–Crippen LogP) is 2.20. The third kappa shape index (κ3) is 4.82. The second-order valence-corrected chi connectivity index (χ2v) is 7.52. The van der Waals surface area contributed by atoms with Crippen molar-refractivity contribution in [2.24, 2.45) is 0 Å². The number of aryl methyl sites for hydroxylation is 1. The largest absolute Gasteiger partial charge is 0.491 e. The molecule has 3 heterocycles. The Hall–Kier alpha value is -2.74. The maximum absolute atomic E-state index is 13.0. The number of anilines is 1. The van der Waals surface area contributed by atoms with Crippen LogP contribution in [0, 0.1) is 12.7 Å². The van der Waals surface area contributed by atoms with Crippen molar-refractivity contribution in [1.82, 2.24) is 14.9 Å². The van der Waals surface area contributed by atoms with Crippen molar-refractivity contribution < 1.29 is 18.7 Å². The van der Waals surface area contributed by atoms with Crippen molar-refractivity contribution in [3.05, 3.63) is 48.0 Å². The molecule has 1 aromatic carbocycles. The zero-order chi connectivity index (χ0) is 20.2. The molecule has 8 heteroatoms. The van der Waals surface area contributed by atoms with Crippen LogP contribution in [0.5, 0.6) is 5.75 Å². The molecule has 154 valence electrons. The zero-order valence-corrected chi connectivity index (χ0v) is 16.5. The van der Waals surface area contributed by atoms with E-state index in [-0.39, 0.29) is 30.5 Å². The molecule has 1 unspecified atom stereocenters. The highest BCUT2D eigenvalue weighted by Crippen LogP contribution is 2.23. The molecule has 1 atom stereocenters. The number of halogens is 1. The van der Waals surface area contributed by atoms with E-state index in [1.165, 1.54) is 12.1 Å². The average Bonchev–Trinajstić information content (AvgIpc) is 2.75. The number of piperidine rings is 1. The molecule has 2 aliphatic rings. The van der Waals surface area contributed by atoms with Crippen LogP contribution in [0.4, 0.5) is 10.3 Å². The van der Waals surface area contributed by atoms with Crippen LogP contribution in [0.1, 0.15) is 18.4 Å². The first-order valence-corrected chi connectivity index (χ1v) is 9.91. The quantitative estimate of drug-likeness (QED) is 0.767. The highest BCUT2D eigenvalue weighted by atomic mass is 19.1. The fourth-order valence-corrected chi connectivity index (χ4v) is 3.75. The summed E-state index contributed by atoms with van der Waals surface area (Å²) in [5.74, 6) is 1.05. The molecule has 2 fully saturated rings. The SMILES string of the molecule is Cc1cnc(N2CCC(N3CC(COc4ccc(F)cc4)OCC3=O)CC2)nc1. The van der Waals surface area contributed by atoms with Gasteiger partial charge in [-0.25, -0.2) is 14.4 Å². The molecule has 0 bridgehead atoms. The average molecular weight is 400 g/mol. The number of carbonyl (C=O) groups excluding carboxylic acids is 1. The summed E-state index contributed by atoms with van der Waals surface area (Å²) >= 11 is 0. The molecule has 1 amide bonds. The summed E-state index contributed by atoms with van der Waals surface area (Å²) in [6, 6.07) is 6.08. The number of benzene rings is 1. The van der Waals surface area contributed by atoms with Crippen molar-refractivity contribution in [2.45, 2.75) is 31.9 Å². The van der Waals surface area contributed by atoms with Crippen LogP contribution in [0.3, 0.4) is 0 Å². The Balaban J connectivity index is 1.30. The van der Waals surface area contributed by atoms with Crippen LogP contribution in [-0.2, 0) is 9.53 Å². The minimum absolute atomic E-state index is 0.0214. The molecule has 0 aliphatic carbocycles. The second kappa shape index (κ2) is 8.73. The molecular formula is C21H25FN4O3. The van der Waals surface area contributed by atoms with E-state index in [1.807, 2.05) is 24.2 Å². The number of ether oxygens (including phenoxy) is 2. The molecule has 2 aromatic rings. The monoisotopic (exact) mass is 400 g/mol. The minimum atomic E-state index is -0.301. The lowest BCUT2D eigenvalue weighted by atomic mass is 10.0. The topological polar surface area (TPSA) is 67.8 Å². The van der Waals surface area contributed by atoms with Gasteiger partial charge in [-0.05, 0) is 49.6 Å². The molecule has 1 aromatic heterocycles. The molecule has 0 radical (unpaired) electrons. The van der Waals surface area contributed by atoms with Crippen LogP contribution in [0.2, 0.25) is 0 Å². The first-order valence-electron chi connectivity index (χ1n) is 9.91. The van der Waals surface area contributed by atoms with Gasteiger partial charge in [0.15, 0.2) is 0 Å². The summed E-state index contributed by atoms with van der Waals surface area (Å²) in [6.07, 6.45) is 5.19. The van der Waals surface area contributed by atoms with E-state index in [0.29, 0.717) is 18.9 Å². The van der Waals surface area contributed by atoms with Gasteiger partial charge < -0.3 is 19.3 Å². The maximum Gasteiger partial charge on any atom is 0.248 e. The first kappa shape index (κ1) is 19.6. The van der Waals surface area contributed by atoms with Gasteiger partial charge in [0.25, 0.3) is 0 Å². The van der Waals surface area contributed by atoms with Gasteiger partial charge in [0.05, 0.1) is 6.54 Å². The standard InChI is InChI=1S/C21H25FN4O3/c1-15-10-23-21(24-11-15)25-8-6-17(7-9-25)26-12-19(29-14-20(26)27)13-28-18-4-2-16(22)3-5-18/h2-5,10-11,17,19H,6-9,12-14H2,1H3. The van der Waals surface area contributed by atoms with Gasteiger partial charge in [0.1, 0.15) is 30.9 Å². The Labute approximate surface area is 169 Å². The summed E-state index contributed by atoms with van der Waals surface area (Å²) in [7, 11) is 0. The summed E-state index contributed by atoms with van der Waals surface area (Å²) in [6.45, 7) is 4.50. The van der Waals surface area contributed by atoms with Crippen LogP contribution in [-0.4, -0.2) is 65.8 Å². The summed E-state index contributed by atoms with van der Waals surface area (Å²) < 4.78 is 24.3. The molecule has 0 N–H and O–H groups in total. The van der Waals surface area contributed by atoms with Gasteiger partial charge in [-0.1, -0.05) is 0 Å². The summed E-state index contributed by atoms with van der Waals surface area (Å²) in [4.78, 5) is 25.3. The highest BCUT2D eigenvalue weighted by molar-refractivity contribution is 5.78. The van der Waals surface area contributed by atoms with Crippen molar-refractivity contribution in [3.63, 3.8) is 0 Å². The Morgan fingerprint density at radius 1 is 1.17 bits per heavy atom. The number of nitrogens with zero attached hydrogens (tertiary/aromatic N) is 4. The lowest BCUT2D eigenvalue weighted by molar-refractivity contribution is -0.154. The molecule has 4 rings (SSSR count). The summed E-state index contributed by atoms with van der Waals surface area (Å²) in [5.41, 5.74) is 1.04. The van der Waals surface area contributed by atoms with Crippen molar-refractivity contribution in [1.29, 1.82) is 0 Å². The van der Waals surface area contributed by atoms with E-state index in [0.717, 1.165) is 37.4 Å². The normalized spacial score (nSPS) is 20.8. The predicted molar refractivity (Wildman–Crippen MR) is 105 cm³/mol. The lowest BCUT2D eigenvalue weighted by Gasteiger charge is -2.42. The molecular weight excluding hydrogens is 375 g/mol. The number of hydrogen-bond acceptors (Lipinski definition) is 6. The van der Waals surface area contributed by atoms with Crippen LogP contribution in [0.15, 0.2) is 36.7 Å². The van der Waals surface area contributed by atoms with E-state index < -0.39 is 0 Å². The van der Waals surface area contributed by atoms with Gasteiger partial charge in [-0.3, -0.25) is 4.79 Å². The molecule has 0 spiro atoms. The van der Waals surface area contributed by atoms with Crippen molar-refractivity contribution >= 4 is 11.9 Å². The third-order valence-electron chi connectivity index (χ3n) is 5.37. The third-order valence-corrected chi connectivity index (χ3v) is 5.37. The van der Waals surface area contributed by atoms with Gasteiger partial charge in [0.2, 0.25) is 11.9 Å². The fraction of sp³-hybridized carbons (Fsp3) is 0.476. The highest BCUT2D eigenvalue weighted by Gasteiger charge is 2.34. The smallest absolute Gasteiger partial charge is 0.248 e. The Morgan fingerprint density at radius 2 is 1.86 bits per heavy atom. The Bertz CT molecular complexity index is 823. The second-order valence-electron chi connectivity index (χ2n) is 7.52. The van der Waals surface area contributed by atoms with Gasteiger partial charge in [-0.15, -0.1) is 0 Å². The number of morpholine rings is 1. The van der Waals surface area contributed by atoms with E-state index in [9.17, 15) is 9.18 Å². The van der Waals surface area contributed by atoms with Gasteiger partial charge in [0, 0.05) is 31.5 Å².